The number of aromatic nitrogens is 2. The summed E-state index contributed by atoms with van der Waals surface area (Å²) in [7, 11) is 0. The standard InChI is InChI=1S/C16H9F5N2OS/c17-11-9(13(25)8-4-2-1-3-5-8)6-7-10(12(11)18)14-22-15(24-23-14)16(19,20)21/h1-7,13,25H. The molecule has 0 bridgehead atoms. The van der Waals surface area contributed by atoms with Crippen molar-refractivity contribution in [3.63, 3.8) is 0 Å². The average Bonchev–Trinajstić information content (AvgIpc) is 3.07. The van der Waals surface area contributed by atoms with Crippen LogP contribution in [0.15, 0.2) is 47.0 Å². The van der Waals surface area contributed by atoms with E-state index in [4.69, 9.17) is 0 Å². The number of thiol groups is 1. The molecule has 1 heterocycles. The second-order valence-corrected chi connectivity index (χ2v) is 5.58. The molecule has 2 aromatic carbocycles. The summed E-state index contributed by atoms with van der Waals surface area (Å²) in [5, 5.41) is 2.31. The Kier molecular flexibility index (Phi) is 4.51. The van der Waals surface area contributed by atoms with E-state index in [1.807, 2.05) is 0 Å². The predicted molar refractivity (Wildman–Crippen MR) is 81.9 cm³/mol. The monoisotopic (exact) mass is 372 g/mol. The van der Waals surface area contributed by atoms with Crippen LogP contribution >= 0.6 is 12.6 Å². The Hall–Kier alpha value is -2.42. The second-order valence-electron chi connectivity index (χ2n) is 5.06. The van der Waals surface area contributed by atoms with Gasteiger partial charge in [0.2, 0.25) is 5.82 Å². The van der Waals surface area contributed by atoms with Gasteiger partial charge in [-0.1, -0.05) is 41.6 Å². The first-order chi connectivity index (χ1) is 11.8. The summed E-state index contributed by atoms with van der Waals surface area (Å²) in [4.78, 5) is 3.06. The fourth-order valence-corrected chi connectivity index (χ4v) is 2.58. The van der Waals surface area contributed by atoms with Crippen molar-refractivity contribution in [2.75, 3.05) is 0 Å². The van der Waals surface area contributed by atoms with Crippen LogP contribution in [0.5, 0.6) is 0 Å². The van der Waals surface area contributed by atoms with Gasteiger partial charge in [0.1, 0.15) is 0 Å². The Balaban J connectivity index is 2.00. The third-order valence-electron chi connectivity index (χ3n) is 3.43. The number of nitrogens with zero attached hydrogens (tertiary/aromatic N) is 2. The van der Waals surface area contributed by atoms with Crippen LogP contribution in [0.25, 0.3) is 11.4 Å². The van der Waals surface area contributed by atoms with Gasteiger partial charge < -0.3 is 4.52 Å². The Morgan fingerprint density at radius 2 is 1.64 bits per heavy atom. The molecule has 0 aliphatic heterocycles. The highest BCUT2D eigenvalue weighted by molar-refractivity contribution is 7.80. The summed E-state index contributed by atoms with van der Waals surface area (Å²) in [6.07, 6.45) is -4.87. The lowest BCUT2D eigenvalue weighted by Crippen LogP contribution is -2.05. The first-order valence-electron chi connectivity index (χ1n) is 6.91. The highest BCUT2D eigenvalue weighted by atomic mass is 32.1. The molecular formula is C16H9F5N2OS. The third-order valence-corrected chi connectivity index (χ3v) is 4.01. The van der Waals surface area contributed by atoms with Crippen molar-refractivity contribution in [2.24, 2.45) is 0 Å². The quantitative estimate of drug-likeness (QED) is 0.516. The van der Waals surface area contributed by atoms with Crippen LogP contribution in [0.1, 0.15) is 22.3 Å². The smallest absolute Gasteiger partial charge is 0.329 e. The molecule has 3 aromatic rings. The summed E-state index contributed by atoms with van der Waals surface area (Å²) in [6.45, 7) is 0. The lowest BCUT2D eigenvalue weighted by Gasteiger charge is -2.14. The van der Waals surface area contributed by atoms with Crippen LogP contribution in [0.3, 0.4) is 0 Å². The van der Waals surface area contributed by atoms with Gasteiger partial charge in [-0.05, 0) is 11.6 Å². The van der Waals surface area contributed by atoms with Crippen LogP contribution in [-0.4, -0.2) is 10.1 Å². The van der Waals surface area contributed by atoms with Gasteiger partial charge in [0.05, 0.1) is 10.8 Å². The van der Waals surface area contributed by atoms with Gasteiger partial charge in [-0.2, -0.15) is 30.8 Å². The molecule has 0 aliphatic carbocycles. The van der Waals surface area contributed by atoms with Gasteiger partial charge in [0, 0.05) is 5.56 Å². The number of benzene rings is 2. The van der Waals surface area contributed by atoms with Crippen molar-refractivity contribution >= 4 is 12.6 Å². The molecule has 130 valence electrons. The molecule has 1 atom stereocenters. The number of hydrogen-bond acceptors (Lipinski definition) is 4. The van der Waals surface area contributed by atoms with E-state index in [0.717, 1.165) is 6.07 Å². The van der Waals surface area contributed by atoms with E-state index < -0.39 is 40.3 Å². The highest BCUT2D eigenvalue weighted by Crippen LogP contribution is 2.35. The first-order valence-corrected chi connectivity index (χ1v) is 7.43. The summed E-state index contributed by atoms with van der Waals surface area (Å²) >= 11 is 4.28. The Morgan fingerprint density at radius 1 is 0.960 bits per heavy atom. The summed E-state index contributed by atoms with van der Waals surface area (Å²) in [5.74, 6) is -4.94. The lowest BCUT2D eigenvalue weighted by atomic mass is 10.0. The fourth-order valence-electron chi connectivity index (χ4n) is 2.21. The molecule has 3 nitrogen and oxygen atoms in total. The molecule has 0 saturated carbocycles. The number of rotatable bonds is 3. The average molecular weight is 372 g/mol. The first kappa shape index (κ1) is 17.4. The zero-order valence-corrected chi connectivity index (χ0v) is 13.2. The fraction of sp³-hybridized carbons (Fsp3) is 0.125. The molecule has 25 heavy (non-hydrogen) atoms. The molecule has 0 amide bonds. The maximum atomic E-state index is 14.4. The van der Waals surface area contributed by atoms with E-state index in [1.54, 1.807) is 30.3 Å². The van der Waals surface area contributed by atoms with Gasteiger partial charge in [-0.3, -0.25) is 0 Å². The van der Waals surface area contributed by atoms with Crippen LogP contribution < -0.4 is 0 Å². The summed E-state index contributed by atoms with van der Waals surface area (Å²) in [5.41, 5.74) is 0.0419. The maximum Gasteiger partial charge on any atom is 0.471 e. The largest absolute Gasteiger partial charge is 0.471 e. The SMILES string of the molecule is Fc1c(-c2noc(C(F)(F)F)n2)ccc(C(S)c2ccccc2)c1F. The molecule has 0 saturated heterocycles. The number of hydrogen-bond donors (Lipinski definition) is 1. The van der Waals surface area contributed by atoms with Gasteiger partial charge >= 0.3 is 12.1 Å². The van der Waals surface area contributed by atoms with Crippen molar-refractivity contribution in [3.05, 3.63) is 71.1 Å². The van der Waals surface area contributed by atoms with E-state index in [9.17, 15) is 22.0 Å². The van der Waals surface area contributed by atoms with Crippen molar-refractivity contribution in [1.82, 2.24) is 10.1 Å². The third kappa shape index (κ3) is 3.37. The number of alkyl halides is 3. The molecule has 1 aromatic heterocycles. The summed E-state index contributed by atoms with van der Waals surface area (Å²) in [6, 6.07) is 10.9. The molecule has 0 spiro atoms. The van der Waals surface area contributed by atoms with E-state index in [0.29, 0.717) is 5.56 Å². The van der Waals surface area contributed by atoms with Crippen LogP contribution in [-0.2, 0) is 6.18 Å². The zero-order chi connectivity index (χ0) is 18.2. The molecular weight excluding hydrogens is 363 g/mol. The topological polar surface area (TPSA) is 38.9 Å². The Labute approximate surface area is 143 Å². The molecule has 1 unspecified atom stereocenters. The minimum absolute atomic E-state index is 0.0599. The van der Waals surface area contributed by atoms with E-state index in [1.165, 1.54) is 6.07 Å². The molecule has 0 fully saturated rings. The lowest BCUT2D eigenvalue weighted by molar-refractivity contribution is -0.159. The van der Waals surface area contributed by atoms with Gasteiger partial charge in [0.25, 0.3) is 0 Å². The predicted octanol–water partition coefficient (Wildman–Crippen LogP) is 5.05. The minimum atomic E-state index is -4.87. The summed E-state index contributed by atoms with van der Waals surface area (Å²) < 4.78 is 70.2. The Morgan fingerprint density at radius 3 is 2.24 bits per heavy atom. The maximum absolute atomic E-state index is 14.4. The van der Waals surface area contributed by atoms with Crippen LogP contribution in [0.2, 0.25) is 0 Å². The van der Waals surface area contributed by atoms with E-state index in [2.05, 4.69) is 27.3 Å². The molecule has 0 aliphatic rings. The van der Waals surface area contributed by atoms with Crippen molar-refractivity contribution in [3.8, 4) is 11.4 Å². The number of halogens is 5. The molecule has 0 radical (unpaired) electrons. The zero-order valence-electron chi connectivity index (χ0n) is 12.3. The van der Waals surface area contributed by atoms with Crippen LogP contribution in [0, 0.1) is 11.6 Å². The van der Waals surface area contributed by atoms with Gasteiger partial charge in [-0.25, -0.2) is 8.78 Å². The van der Waals surface area contributed by atoms with Crippen molar-refractivity contribution in [1.29, 1.82) is 0 Å². The van der Waals surface area contributed by atoms with Crippen molar-refractivity contribution in [2.45, 2.75) is 11.4 Å². The van der Waals surface area contributed by atoms with E-state index in [-0.39, 0.29) is 5.56 Å². The van der Waals surface area contributed by atoms with Gasteiger partial charge in [-0.15, -0.1) is 0 Å². The molecule has 0 N–H and O–H groups in total. The molecule has 3 rings (SSSR count). The minimum Gasteiger partial charge on any atom is -0.329 e. The second kappa shape index (κ2) is 6.47. The normalized spacial score (nSPS) is 13.0. The molecule has 9 heteroatoms. The van der Waals surface area contributed by atoms with E-state index >= 15 is 0 Å². The van der Waals surface area contributed by atoms with Crippen LogP contribution in [0.4, 0.5) is 22.0 Å². The highest BCUT2D eigenvalue weighted by Gasteiger charge is 2.39. The van der Waals surface area contributed by atoms with Gasteiger partial charge in [0.15, 0.2) is 11.6 Å². The van der Waals surface area contributed by atoms with Crippen molar-refractivity contribution < 1.29 is 26.5 Å². The Bertz CT molecular complexity index is 895.